The van der Waals surface area contributed by atoms with Crippen LogP contribution in [0.4, 0.5) is 11.9 Å². The number of rotatable bonds is 5. The molecule has 1 aliphatic rings. The first-order chi connectivity index (χ1) is 9.60. The van der Waals surface area contributed by atoms with Crippen molar-refractivity contribution >= 4 is 11.9 Å². The van der Waals surface area contributed by atoms with Crippen molar-refractivity contribution in [3.05, 3.63) is 0 Å². The molecule has 1 aliphatic heterocycles. The second-order valence-corrected chi connectivity index (χ2v) is 5.06. The summed E-state index contributed by atoms with van der Waals surface area (Å²) >= 11 is 0. The summed E-state index contributed by atoms with van der Waals surface area (Å²) in [5.74, 6) is 1.19. The van der Waals surface area contributed by atoms with Crippen molar-refractivity contribution in [3.63, 3.8) is 0 Å². The molecule has 0 radical (unpaired) electrons. The first-order valence-electron chi connectivity index (χ1n) is 7.11. The minimum atomic E-state index is 0.0295. The van der Waals surface area contributed by atoms with Crippen LogP contribution in [0.2, 0.25) is 0 Å². The summed E-state index contributed by atoms with van der Waals surface area (Å²) < 4.78 is 11.1. The minimum absolute atomic E-state index is 0.0295. The van der Waals surface area contributed by atoms with E-state index in [-0.39, 0.29) is 12.1 Å². The Hall–Kier alpha value is -1.63. The highest BCUT2D eigenvalue weighted by Gasteiger charge is 2.23. The Bertz CT molecular complexity index is 441. The zero-order valence-corrected chi connectivity index (χ0v) is 12.6. The van der Waals surface area contributed by atoms with Gasteiger partial charge in [0, 0.05) is 13.1 Å². The first kappa shape index (κ1) is 14.8. The van der Waals surface area contributed by atoms with E-state index in [0.29, 0.717) is 31.1 Å². The Labute approximate surface area is 119 Å². The number of anilines is 2. The highest BCUT2D eigenvalue weighted by molar-refractivity contribution is 5.39. The van der Waals surface area contributed by atoms with Crippen molar-refractivity contribution in [1.82, 2.24) is 15.0 Å². The van der Waals surface area contributed by atoms with Crippen molar-refractivity contribution in [2.24, 2.45) is 0 Å². The molecule has 0 bridgehead atoms. The lowest BCUT2D eigenvalue weighted by molar-refractivity contribution is 0.0978. The van der Waals surface area contributed by atoms with Crippen molar-refractivity contribution in [2.75, 3.05) is 36.5 Å². The fourth-order valence-corrected chi connectivity index (χ4v) is 2.00. The number of aromatic nitrogens is 3. The minimum Gasteiger partial charge on any atom is -0.461 e. The average molecular weight is 281 g/mol. The topological polar surface area (TPSA) is 72.4 Å². The Kier molecular flexibility index (Phi) is 4.94. The highest BCUT2D eigenvalue weighted by Crippen LogP contribution is 2.19. The van der Waals surface area contributed by atoms with Crippen LogP contribution in [0.25, 0.3) is 0 Å². The maximum atomic E-state index is 5.61. The van der Waals surface area contributed by atoms with E-state index < -0.39 is 0 Å². The number of ether oxygens (including phenoxy) is 2. The van der Waals surface area contributed by atoms with Crippen molar-refractivity contribution in [3.8, 4) is 6.01 Å². The van der Waals surface area contributed by atoms with Gasteiger partial charge in [0.2, 0.25) is 11.9 Å². The predicted molar refractivity (Wildman–Crippen MR) is 77.4 cm³/mol. The fraction of sp³-hybridized carbons (Fsp3) is 0.769. The van der Waals surface area contributed by atoms with Crippen molar-refractivity contribution in [1.29, 1.82) is 0 Å². The van der Waals surface area contributed by atoms with Crippen LogP contribution in [0.1, 0.15) is 27.7 Å². The van der Waals surface area contributed by atoms with Crippen LogP contribution in [-0.4, -0.2) is 53.4 Å². The second-order valence-electron chi connectivity index (χ2n) is 5.06. The molecule has 1 N–H and O–H groups in total. The largest absolute Gasteiger partial charge is 0.461 e. The van der Waals surface area contributed by atoms with Gasteiger partial charge in [-0.15, -0.1) is 0 Å². The number of hydrogen-bond acceptors (Lipinski definition) is 7. The van der Waals surface area contributed by atoms with E-state index >= 15 is 0 Å². The highest BCUT2D eigenvalue weighted by atomic mass is 16.5. The van der Waals surface area contributed by atoms with Crippen LogP contribution < -0.4 is 15.0 Å². The Morgan fingerprint density at radius 3 is 2.85 bits per heavy atom. The van der Waals surface area contributed by atoms with E-state index in [4.69, 9.17) is 9.47 Å². The lowest BCUT2D eigenvalue weighted by Gasteiger charge is -2.33. The molecule has 1 aromatic rings. The third-order valence-corrected chi connectivity index (χ3v) is 2.90. The summed E-state index contributed by atoms with van der Waals surface area (Å²) in [5.41, 5.74) is 0. The predicted octanol–water partition coefficient (Wildman–Crippen LogP) is 1.32. The van der Waals surface area contributed by atoms with E-state index in [1.54, 1.807) is 0 Å². The number of morpholine rings is 1. The van der Waals surface area contributed by atoms with Gasteiger partial charge in [-0.3, -0.25) is 0 Å². The van der Waals surface area contributed by atoms with Gasteiger partial charge in [0.25, 0.3) is 0 Å². The van der Waals surface area contributed by atoms with E-state index in [0.717, 1.165) is 13.1 Å². The number of nitrogens with zero attached hydrogens (tertiary/aromatic N) is 4. The van der Waals surface area contributed by atoms with Gasteiger partial charge in [-0.2, -0.15) is 15.0 Å². The molecule has 0 saturated carbocycles. The summed E-state index contributed by atoms with van der Waals surface area (Å²) in [4.78, 5) is 15.3. The SMILES string of the molecule is CCNc1nc(OC(C)C)nc(N2CCOCC2C)n1. The smallest absolute Gasteiger partial charge is 0.323 e. The molecule has 7 heteroatoms. The van der Waals surface area contributed by atoms with Gasteiger partial charge >= 0.3 is 6.01 Å². The molecule has 0 aromatic carbocycles. The van der Waals surface area contributed by atoms with Crippen LogP contribution in [-0.2, 0) is 4.74 Å². The normalized spacial score (nSPS) is 19.2. The van der Waals surface area contributed by atoms with Crippen LogP contribution in [0.5, 0.6) is 6.01 Å². The number of hydrogen-bond donors (Lipinski definition) is 1. The first-order valence-corrected chi connectivity index (χ1v) is 7.11. The molecule has 20 heavy (non-hydrogen) atoms. The third-order valence-electron chi connectivity index (χ3n) is 2.90. The standard InChI is InChI=1S/C13H23N5O2/c1-5-14-11-15-12(17-13(16-11)20-9(2)3)18-6-7-19-8-10(18)4/h9-10H,5-8H2,1-4H3,(H,14,15,16,17). The van der Waals surface area contributed by atoms with Gasteiger partial charge in [0.05, 0.1) is 25.4 Å². The molecule has 0 spiro atoms. The maximum absolute atomic E-state index is 5.61. The molecular weight excluding hydrogens is 258 g/mol. The van der Waals surface area contributed by atoms with Crippen LogP contribution in [0, 0.1) is 0 Å². The van der Waals surface area contributed by atoms with Gasteiger partial charge in [-0.05, 0) is 27.7 Å². The van der Waals surface area contributed by atoms with Crippen molar-refractivity contribution < 1.29 is 9.47 Å². The lowest BCUT2D eigenvalue weighted by atomic mass is 10.3. The monoisotopic (exact) mass is 281 g/mol. The Morgan fingerprint density at radius 2 is 2.20 bits per heavy atom. The molecule has 0 amide bonds. The molecule has 1 saturated heterocycles. The summed E-state index contributed by atoms with van der Waals surface area (Å²) in [5, 5.41) is 3.12. The lowest BCUT2D eigenvalue weighted by Crippen LogP contribution is -2.44. The Morgan fingerprint density at radius 1 is 1.40 bits per heavy atom. The molecule has 7 nitrogen and oxygen atoms in total. The summed E-state index contributed by atoms with van der Waals surface area (Å²) in [6.07, 6.45) is 0.0295. The van der Waals surface area contributed by atoms with Gasteiger partial charge in [0.15, 0.2) is 0 Å². The van der Waals surface area contributed by atoms with Crippen LogP contribution in [0.15, 0.2) is 0 Å². The second kappa shape index (κ2) is 6.69. The maximum Gasteiger partial charge on any atom is 0.323 e. The summed E-state index contributed by atoms with van der Waals surface area (Å²) in [6, 6.07) is 0.604. The molecule has 1 atom stereocenters. The average Bonchev–Trinajstić information content (AvgIpc) is 2.38. The number of nitrogens with one attached hydrogen (secondary N) is 1. The third kappa shape index (κ3) is 3.69. The molecule has 1 aromatic heterocycles. The molecule has 112 valence electrons. The van der Waals surface area contributed by atoms with E-state index in [1.807, 2.05) is 20.8 Å². The van der Waals surface area contributed by atoms with Gasteiger partial charge in [0.1, 0.15) is 0 Å². The molecule has 0 aliphatic carbocycles. The molecular formula is C13H23N5O2. The van der Waals surface area contributed by atoms with Crippen LogP contribution in [0.3, 0.4) is 0 Å². The van der Waals surface area contributed by atoms with E-state index in [2.05, 4.69) is 32.1 Å². The van der Waals surface area contributed by atoms with Gasteiger partial charge in [-0.1, -0.05) is 0 Å². The molecule has 1 unspecified atom stereocenters. The zero-order valence-electron chi connectivity index (χ0n) is 12.6. The molecule has 2 rings (SSSR count). The summed E-state index contributed by atoms with van der Waals surface area (Å²) in [7, 11) is 0. The molecule has 2 heterocycles. The van der Waals surface area contributed by atoms with Crippen molar-refractivity contribution in [2.45, 2.75) is 39.8 Å². The van der Waals surface area contributed by atoms with Crippen LogP contribution >= 0.6 is 0 Å². The van der Waals surface area contributed by atoms with E-state index in [1.165, 1.54) is 0 Å². The Balaban J connectivity index is 2.27. The quantitative estimate of drug-likeness (QED) is 0.872. The zero-order chi connectivity index (χ0) is 14.5. The van der Waals surface area contributed by atoms with Gasteiger partial charge < -0.3 is 19.7 Å². The fourth-order valence-electron chi connectivity index (χ4n) is 2.00. The molecule has 1 fully saturated rings. The van der Waals surface area contributed by atoms with Gasteiger partial charge in [-0.25, -0.2) is 0 Å². The van der Waals surface area contributed by atoms with E-state index in [9.17, 15) is 0 Å². The summed E-state index contributed by atoms with van der Waals surface area (Å²) in [6.45, 7) is 10.9.